The summed E-state index contributed by atoms with van der Waals surface area (Å²) in [5.74, 6) is -0.161. The summed E-state index contributed by atoms with van der Waals surface area (Å²) in [6, 6.07) is 13.5. The van der Waals surface area contributed by atoms with Gasteiger partial charge < -0.3 is 10.5 Å². The average molecular weight is 423 g/mol. The van der Waals surface area contributed by atoms with Gasteiger partial charge in [0.1, 0.15) is 12.4 Å². The summed E-state index contributed by atoms with van der Waals surface area (Å²) in [5.41, 5.74) is 8.21. The normalized spacial score (nSPS) is 10.9. The van der Waals surface area contributed by atoms with Crippen molar-refractivity contribution in [2.75, 3.05) is 0 Å². The van der Waals surface area contributed by atoms with E-state index in [-0.39, 0.29) is 19.0 Å². The number of primary amides is 1. The lowest BCUT2D eigenvalue weighted by Crippen LogP contribution is -2.12. The summed E-state index contributed by atoms with van der Waals surface area (Å²) >= 11 is 0. The van der Waals surface area contributed by atoms with Crippen molar-refractivity contribution in [3.05, 3.63) is 83.2 Å². The Morgan fingerprint density at radius 3 is 2.28 bits per heavy atom. The molecule has 4 nitrogen and oxygen atoms in total. The van der Waals surface area contributed by atoms with E-state index in [4.69, 9.17) is 10.5 Å². The number of amides is 1. The number of rotatable bonds is 5. The van der Waals surface area contributed by atoms with Gasteiger partial charge in [-0.1, -0.05) is 12.1 Å². The van der Waals surface area contributed by atoms with Crippen LogP contribution in [0.5, 0.6) is 5.75 Å². The number of hydrogen-bond acceptors (Lipinski definition) is 3. The molecule has 0 aliphatic heterocycles. The highest BCUT2D eigenvalue weighted by atomic mass is 35.5. The lowest BCUT2D eigenvalue weighted by atomic mass is 10.00. The van der Waals surface area contributed by atoms with Gasteiger partial charge in [-0.25, -0.2) is 0 Å². The minimum absolute atomic E-state index is 0. The highest BCUT2D eigenvalue weighted by molar-refractivity contribution is 5.94. The van der Waals surface area contributed by atoms with E-state index in [2.05, 4.69) is 4.98 Å². The summed E-state index contributed by atoms with van der Waals surface area (Å²) in [4.78, 5) is 15.6. The molecule has 152 valence electrons. The third-order valence-corrected chi connectivity index (χ3v) is 4.21. The Balaban J connectivity index is 0.00000300. The minimum atomic E-state index is -4.38. The zero-order chi connectivity index (χ0) is 20.3. The van der Waals surface area contributed by atoms with Crippen molar-refractivity contribution in [1.82, 2.24) is 4.98 Å². The van der Waals surface area contributed by atoms with Gasteiger partial charge in [0.05, 0.1) is 11.3 Å². The van der Waals surface area contributed by atoms with Crippen LogP contribution in [-0.2, 0) is 12.8 Å². The molecule has 0 radical (unpaired) electrons. The maximum absolute atomic E-state index is 12.6. The predicted octanol–water partition coefficient (Wildman–Crippen LogP) is 5.18. The molecule has 1 aromatic heterocycles. The highest BCUT2D eigenvalue weighted by Gasteiger charge is 2.30. The molecule has 0 atom stereocenters. The summed E-state index contributed by atoms with van der Waals surface area (Å²) in [6.07, 6.45) is -2.76. The van der Waals surface area contributed by atoms with Gasteiger partial charge in [-0.2, -0.15) is 13.2 Å². The molecule has 0 saturated heterocycles. The Bertz CT molecular complexity index is 1010. The molecule has 3 rings (SSSR count). The number of ether oxygens (including phenoxy) is 1. The van der Waals surface area contributed by atoms with E-state index >= 15 is 0 Å². The fourth-order valence-corrected chi connectivity index (χ4v) is 2.75. The molecule has 0 saturated carbocycles. The van der Waals surface area contributed by atoms with Crippen LogP contribution in [0.25, 0.3) is 11.1 Å². The average Bonchev–Trinajstić information content (AvgIpc) is 2.66. The van der Waals surface area contributed by atoms with Crippen molar-refractivity contribution in [3.8, 4) is 16.9 Å². The van der Waals surface area contributed by atoms with Crippen LogP contribution in [0, 0.1) is 6.92 Å². The van der Waals surface area contributed by atoms with Crippen LogP contribution >= 0.6 is 12.4 Å². The molecular weight excluding hydrogens is 405 g/mol. The van der Waals surface area contributed by atoms with E-state index in [1.54, 1.807) is 25.3 Å². The Hall–Kier alpha value is -3.06. The van der Waals surface area contributed by atoms with Gasteiger partial charge in [0.25, 0.3) is 0 Å². The zero-order valence-electron chi connectivity index (χ0n) is 15.4. The maximum Gasteiger partial charge on any atom is 0.416 e. The number of aromatic nitrogens is 1. The van der Waals surface area contributed by atoms with Crippen molar-refractivity contribution >= 4 is 18.3 Å². The topological polar surface area (TPSA) is 65.2 Å². The van der Waals surface area contributed by atoms with Crippen LogP contribution < -0.4 is 10.5 Å². The van der Waals surface area contributed by atoms with Gasteiger partial charge in [0, 0.05) is 11.8 Å². The molecule has 2 aromatic carbocycles. The minimum Gasteiger partial charge on any atom is -0.487 e. The zero-order valence-corrected chi connectivity index (χ0v) is 16.2. The second-order valence-corrected chi connectivity index (χ2v) is 6.24. The van der Waals surface area contributed by atoms with Gasteiger partial charge in [0.15, 0.2) is 0 Å². The summed E-state index contributed by atoms with van der Waals surface area (Å²) < 4.78 is 43.3. The molecule has 1 amide bonds. The van der Waals surface area contributed by atoms with Gasteiger partial charge >= 0.3 is 6.18 Å². The number of hydrogen-bond donors (Lipinski definition) is 1. The third kappa shape index (κ3) is 5.48. The van der Waals surface area contributed by atoms with Crippen LogP contribution in [0.15, 0.2) is 60.8 Å². The Labute approximate surface area is 171 Å². The molecule has 0 spiro atoms. The standard InChI is InChI=1S/C21H17F3N2O2.ClH/c1-13-10-14(2-7-19(13)20(25)27)15-8-9-26-17(11-15)12-28-18-5-3-16(4-6-18)21(22,23)24;/h2-11H,12H2,1H3,(H2,25,27);1H. The van der Waals surface area contributed by atoms with Crippen LogP contribution in [0.2, 0.25) is 0 Å². The molecule has 0 aliphatic carbocycles. The van der Waals surface area contributed by atoms with Gasteiger partial charge in [-0.3, -0.25) is 9.78 Å². The molecule has 8 heteroatoms. The lowest BCUT2D eigenvalue weighted by molar-refractivity contribution is -0.137. The molecule has 0 aliphatic rings. The van der Waals surface area contributed by atoms with E-state index in [1.807, 2.05) is 18.2 Å². The van der Waals surface area contributed by atoms with Crippen molar-refractivity contribution < 1.29 is 22.7 Å². The van der Waals surface area contributed by atoms with Crippen LogP contribution in [0.3, 0.4) is 0 Å². The van der Waals surface area contributed by atoms with Gasteiger partial charge in [-0.05, 0) is 66.1 Å². The first-order valence-corrected chi connectivity index (χ1v) is 8.40. The molecule has 3 aromatic rings. The number of nitrogens with two attached hydrogens (primary N) is 1. The number of carbonyl (C=O) groups excluding carboxylic acids is 1. The van der Waals surface area contributed by atoms with Crippen LogP contribution in [0.1, 0.15) is 27.2 Å². The van der Waals surface area contributed by atoms with E-state index in [9.17, 15) is 18.0 Å². The number of aryl methyl sites for hydroxylation is 1. The van der Waals surface area contributed by atoms with Gasteiger partial charge in [0.2, 0.25) is 5.91 Å². The van der Waals surface area contributed by atoms with Crippen molar-refractivity contribution in [2.24, 2.45) is 5.73 Å². The SMILES string of the molecule is Cc1cc(-c2ccnc(COc3ccc(C(F)(F)F)cc3)c2)ccc1C(N)=O.Cl. The Morgan fingerprint density at radius 1 is 1.03 bits per heavy atom. The summed E-state index contributed by atoms with van der Waals surface area (Å²) in [6.45, 7) is 1.91. The molecule has 2 N–H and O–H groups in total. The monoisotopic (exact) mass is 422 g/mol. The first-order valence-electron chi connectivity index (χ1n) is 8.40. The number of pyridine rings is 1. The fourth-order valence-electron chi connectivity index (χ4n) is 2.75. The molecular formula is C21H18ClF3N2O2. The van der Waals surface area contributed by atoms with Crippen molar-refractivity contribution in [2.45, 2.75) is 19.7 Å². The second kappa shape index (κ2) is 8.96. The van der Waals surface area contributed by atoms with Crippen molar-refractivity contribution in [3.63, 3.8) is 0 Å². The Kier molecular flexibility index (Phi) is 6.87. The maximum atomic E-state index is 12.6. The quantitative estimate of drug-likeness (QED) is 0.616. The first-order chi connectivity index (χ1) is 13.2. The number of alkyl halides is 3. The van der Waals surface area contributed by atoms with Crippen molar-refractivity contribution in [1.29, 1.82) is 0 Å². The first kappa shape index (κ1) is 22.2. The Morgan fingerprint density at radius 2 is 1.69 bits per heavy atom. The predicted molar refractivity (Wildman–Crippen MR) is 106 cm³/mol. The lowest BCUT2D eigenvalue weighted by Gasteiger charge is -2.10. The van der Waals surface area contributed by atoms with E-state index in [0.29, 0.717) is 17.0 Å². The van der Waals surface area contributed by atoms with Crippen LogP contribution in [0.4, 0.5) is 13.2 Å². The largest absolute Gasteiger partial charge is 0.487 e. The summed E-state index contributed by atoms with van der Waals surface area (Å²) in [5, 5.41) is 0. The number of carbonyl (C=O) groups is 1. The van der Waals surface area contributed by atoms with E-state index in [0.717, 1.165) is 28.8 Å². The fraction of sp³-hybridized carbons (Fsp3) is 0.143. The highest BCUT2D eigenvalue weighted by Crippen LogP contribution is 2.30. The third-order valence-electron chi connectivity index (χ3n) is 4.21. The molecule has 1 heterocycles. The summed E-state index contributed by atoms with van der Waals surface area (Å²) in [7, 11) is 0. The van der Waals surface area contributed by atoms with Crippen LogP contribution in [-0.4, -0.2) is 10.9 Å². The van der Waals surface area contributed by atoms with Gasteiger partial charge in [-0.15, -0.1) is 12.4 Å². The van der Waals surface area contributed by atoms with E-state index in [1.165, 1.54) is 12.1 Å². The number of benzene rings is 2. The molecule has 0 fully saturated rings. The van der Waals surface area contributed by atoms with E-state index < -0.39 is 17.6 Å². The molecule has 29 heavy (non-hydrogen) atoms. The number of halogens is 4. The number of nitrogens with zero attached hydrogens (tertiary/aromatic N) is 1. The molecule has 0 bridgehead atoms. The molecule has 0 unspecified atom stereocenters. The smallest absolute Gasteiger partial charge is 0.416 e. The second-order valence-electron chi connectivity index (χ2n) is 6.24.